The third-order valence-corrected chi connectivity index (χ3v) is 13.3. The van der Waals surface area contributed by atoms with Crippen molar-refractivity contribution in [2.24, 2.45) is 0 Å². The zero-order chi connectivity index (χ0) is 53.0. The number of anilines is 1. The lowest BCUT2D eigenvalue weighted by atomic mass is 10.0. The zero-order valence-corrected chi connectivity index (χ0v) is 43.5. The molecular weight excluding hydrogens is 977 g/mol. The van der Waals surface area contributed by atoms with E-state index in [0.717, 1.165) is 49.3 Å². The van der Waals surface area contributed by atoms with E-state index in [1.807, 2.05) is 30.4 Å². The fourth-order valence-corrected chi connectivity index (χ4v) is 8.81. The molecular formula is C50H79N3O17P2. The third kappa shape index (κ3) is 29.5. The van der Waals surface area contributed by atoms with E-state index < -0.39 is 95.9 Å². The molecule has 2 unspecified atom stereocenters. The smallest absolute Gasteiger partial charge is 0.462 e. The Morgan fingerprint density at radius 2 is 1.29 bits per heavy atom. The monoisotopic (exact) mass is 1060 g/mol. The van der Waals surface area contributed by atoms with Crippen molar-refractivity contribution >= 4 is 33.4 Å². The van der Waals surface area contributed by atoms with Gasteiger partial charge in [0.05, 0.1) is 25.4 Å². The fraction of sp³-hybridized carbons (Fsp3) is 0.600. The van der Waals surface area contributed by atoms with Gasteiger partial charge in [-0.3, -0.25) is 23.2 Å². The first-order chi connectivity index (χ1) is 34.5. The Morgan fingerprint density at radius 3 is 1.89 bits per heavy atom. The largest absolute Gasteiger partial charge is 0.481 e. The minimum Gasteiger partial charge on any atom is -0.462 e. The number of nitrogens with two attached hydrogens (primary N) is 1. The number of phosphoric ester groups is 2. The molecule has 2 rings (SSSR count). The van der Waals surface area contributed by atoms with Gasteiger partial charge in [-0.05, 0) is 96.0 Å². The maximum atomic E-state index is 12.8. The second-order valence-corrected chi connectivity index (χ2v) is 19.9. The average Bonchev–Trinajstić information content (AvgIpc) is 3.61. The van der Waals surface area contributed by atoms with Gasteiger partial charge in [-0.2, -0.15) is 9.29 Å². The number of aliphatic hydroxyl groups excluding tert-OH is 4. The van der Waals surface area contributed by atoms with Crippen molar-refractivity contribution in [2.45, 2.75) is 172 Å². The minimum absolute atomic E-state index is 0.0645. The number of unbranched alkanes of at least 4 members (excludes halogenated alkanes) is 5. The molecule has 0 radical (unpaired) electrons. The van der Waals surface area contributed by atoms with Gasteiger partial charge in [-0.25, -0.2) is 13.9 Å². The lowest BCUT2D eigenvalue weighted by molar-refractivity contribution is -0.161. The predicted molar refractivity (Wildman–Crippen MR) is 273 cm³/mol. The van der Waals surface area contributed by atoms with Gasteiger partial charge >= 0.3 is 33.3 Å². The topological polar surface area (TPSA) is 306 Å². The van der Waals surface area contributed by atoms with Gasteiger partial charge in [-0.1, -0.05) is 112 Å². The number of aromatic nitrogens is 2. The molecule has 9 atom stereocenters. The van der Waals surface area contributed by atoms with Crippen LogP contribution in [0.5, 0.6) is 0 Å². The molecule has 0 bridgehead atoms. The summed E-state index contributed by atoms with van der Waals surface area (Å²) < 4.78 is 56.4. The predicted octanol–water partition coefficient (Wildman–Crippen LogP) is 7.83. The second-order valence-electron chi connectivity index (χ2n) is 16.9. The van der Waals surface area contributed by atoms with Gasteiger partial charge in [0.25, 0.3) is 0 Å². The highest BCUT2D eigenvalue weighted by Gasteiger charge is 2.46. The SMILES string of the molecule is CC/C=C\C/C=C\C/C=C\C/C=C\C[C@H](O)[C@@H](O)CCCC(=O)OC[C@H](COP(=O)(O)OP(=O)(O)OC[C@H]1O[C@@H](n2ccc(N)nc2=O)[C@H](O)[C@@H]1O)OC(=O)CCCC/C=C\C/C=C\C/C=C\CCCCC. The van der Waals surface area contributed by atoms with Crippen LogP contribution in [-0.4, -0.2) is 108 Å². The highest BCUT2D eigenvalue weighted by Crippen LogP contribution is 2.60. The van der Waals surface area contributed by atoms with Crippen molar-refractivity contribution in [3.8, 4) is 0 Å². The summed E-state index contributed by atoms with van der Waals surface area (Å²) in [4.78, 5) is 61.9. The molecule has 20 nitrogen and oxygen atoms in total. The molecule has 1 aliphatic heterocycles. The van der Waals surface area contributed by atoms with Crippen LogP contribution in [0.3, 0.4) is 0 Å². The first-order valence-electron chi connectivity index (χ1n) is 24.8. The normalized spacial score (nSPS) is 20.7. The molecule has 1 aliphatic rings. The molecule has 2 heterocycles. The number of carbonyl (C=O) groups is 2. The standard InChI is InChI=1S/C50H79N3O17P2/c1-3-5-7-9-11-13-15-17-18-19-21-23-25-27-29-33-46(57)68-40(37-65-45(56)34-30-32-42(55)41(54)31-28-26-24-22-20-16-14-12-10-8-6-4-2)38-66-71(61,62)70-72(63,64)67-39-43-47(58)48(59)49(69-43)53-36-35-44(51)52-50(53)60/h6,8,11-14,17-18,20-23,26,28,35-36,40-43,47-49,54-55,58-59H,3-5,7,9-10,15-16,19,24-25,27,29-34,37-39H2,1-2H3,(H,61,62)(H,63,64)(H2,51,52,60)/b8-6-,13-11-,14-12-,18-17-,22-20-,23-21-,28-26-/t40-,41+,42+,43-,47-,48-,49-/m1/s1. The zero-order valence-electron chi connectivity index (χ0n) is 41.7. The quantitative estimate of drug-likeness (QED) is 0.0143. The van der Waals surface area contributed by atoms with Crippen molar-refractivity contribution in [2.75, 3.05) is 25.6 Å². The van der Waals surface area contributed by atoms with Crippen LogP contribution in [0, 0.1) is 0 Å². The molecule has 1 saturated heterocycles. The van der Waals surface area contributed by atoms with Crippen LogP contribution in [0.25, 0.3) is 0 Å². The van der Waals surface area contributed by atoms with Gasteiger partial charge in [0.15, 0.2) is 12.3 Å². The lowest BCUT2D eigenvalue weighted by Gasteiger charge is -2.21. The van der Waals surface area contributed by atoms with E-state index in [0.29, 0.717) is 25.7 Å². The number of phosphoric acid groups is 2. The molecule has 1 aromatic heterocycles. The van der Waals surface area contributed by atoms with E-state index in [4.69, 9.17) is 29.0 Å². The minimum atomic E-state index is -5.50. The first-order valence-corrected chi connectivity index (χ1v) is 27.8. The molecule has 22 heteroatoms. The first kappa shape index (κ1) is 64.0. The fourth-order valence-electron chi connectivity index (χ4n) is 6.70. The Labute approximate surface area is 423 Å². The van der Waals surface area contributed by atoms with Crippen LogP contribution in [0.4, 0.5) is 5.82 Å². The van der Waals surface area contributed by atoms with Crippen molar-refractivity contribution in [3.05, 3.63) is 108 Å². The summed E-state index contributed by atoms with van der Waals surface area (Å²) in [5, 5.41) is 41.7. The number of allylic oxidation sites excluding steroid dienone is 13. The van der Waals surface area contributed by atoms with Crippen molar-refractivity contribution in [1.82, 2.24) is 9.55 Å². The lowest BCUT2D eigenvalue weighted by Crippen LogP contribution is -2.36. The summed E-state index contributed by atoms with van der Waals surface area (Å²) in [6.45, 7) is 1.67. The molecule has 0 aromatic carbocycles. The maximum absolute atomic E-state index is 12.8. The number of hydrogen-bond donors (Lipinski definition) is 7. The van der Waals surface area contributed by atoms with E-state index in [-0.39, 0.29) is 37.9 Å². The number of nitrogen functional groups attached to an aromatic ring is 1. The molecule has 0 spiro atoms. The van der Waals surface area contributed by atoms with Crippen LogP contribution < -0.4 is 11.4 Å². The summed E-state index contributed by atoms with van der Waals surface area (Å²) in [6, 6.07) is 1.23. The van der Waals surface area contributed by atoms with Crippen LogP contribution in [-0.2, 0) is 46.3 Å². The Kier molecular flexibility index (Phi) is 33.4. The number of hydrogen-bond acceptors (Lipinski definition) is 17. The molecule has 406 valence electrons. The van der Waals surface area contributed by atoms with E-state index in [1.165, 1.54) is 25.3 Å². The maximum Gasteiger partial charge on any atom is 0.481 e. The molecule has 0 saturated carbocycles. The molecule has 1 fully saturated rings. The molecule has 8 N–H and O–H groups in total. The van der Waals surface area contributed by atoms with Gasteiger partial charge in [0, 0.05) is 19.0 Å². The van der Waals surface area contributed by atoms with Crippen molar-refractivity contribution in [1.29, 1.82) is 0 Å². The van der Waals surface area contributed by atoms with Crippen molar-refractivity contribution < 1.29 is 76.5 Å². The highest BCUT2D eigenvalue weighted by atomic mass is 31.3. The second kappa shape index (κ2) is 37.6. The summed E-state index contributed by atoms with van der Waals surface area (Å²) in [7, 11) is -11.0. The summed E-state index contributed by atoms with van der Waals surface area (Å²) >= 11 is 0. The van der Waals surface area contributed by atoms with Gasteiger partial charge in [-0.15, -0.1) is 0 Å². The third-order valence-electron chi connectivity index (χ3n) is 10.7. The van der Waals surface area contributed by atoms with E-state index >= 15 is 0 Å². The summed E-state index contributed by atoms with van der Waals surface area (Å²) in [5.41, 5.74) is 4.55. The Hall–Kier alpha value is -4.14. The summed E-state index contributed by atoms with van der Waals surface area (Å²) in [5.74, 6) is -1.66. The average molecular weight is 1060 g/mol. The van der Waals surface area contributed by atoms with Crippen LogP contribution in [0.15, 0.2) is 102 Å². The van der Waals surface area contributed by atoms with Crippen LogP contribution in [0.2, 0.25) is 0 Å². The number of rotatable bonds is 39. The number of esters is 2. The Bertz CT molecular complexity index is 2070. The number of ether oxygens (including phenoxy) is 3. The van der Waals surface area contributed by atoms with Crippen molar-refractivity contribution in [3.63, 3.8) is 0 Å². The van der Waals surface area contributed by atoms with E-state index in [1.54, 1.807) is 6.08 Å². The highest BCUT2D eigenvalue weighted by molar-refractivity contribution is 7.61. The van der Waals surface area contributed by atoms with Gasteiger partial charge in [0.2, 0.25) is 0 Å². The number of aliphatic hydroxyl groups is 4. The molecule has 1 aromatic rings. The summed E-state index contributed by atoms with van der Waals surface area (Å²) in [6.07, 6.45) is 31.2. The molecule has 0 aliphatic carbocycles. The number of carbonyl (C=O) groups excluding carboxylic acids is 2. The Morgan fingerprint density at radius 1 is 0.736 bits per heavy atom. The molecule has 72 heavy (non-hydrogen) atoms. The Balaban J connectivity index is 1.90. The number of nitrogens with zero attached hydrogens (tertiary/aromatic N) is 2. The van der Waals surface area contributed by atoms with Gasteiger partial charge < -0.3 is 50.2 Å². The van der Waals surface area contributed by atoms with Crippen LogP contribution in [0.1, 0.15) is 136 Å². The van der Waals surface area contributed by atoms with E-state index in [9.17, 15) is 53.7 Å². The van der Waals surface area contributed by atoms with Gasteiger partial charge in [0.1, 0.15) is 30.7 Å². The van der Waals surface area contributed by atoms with E-state index in [2.05, 4.69) is 71.8 Å². The molecule has 0 amide bonds. The van der Waals surface area contributed by atoms with Crippen LogP contribution >= 0.6 is 15.6 Å².